The zero-order valence-corrected chi connectivity index (χ0v) is 18.0. The summed E-state index contributed by atoms with van der Waals surface area (Å²) in [4.78, 5) is 27.2. The maximum atomic E-state index is 16.0. The Morgan fingerprint density at radius 2 is 2.18 bits per heavy atom. The van der Waals surface area contributed by atoms with Gasteiger partial charge in [0.1, 0.15) is 6.17 Å². The number of carbonyl (C=O) groups excluding carboxylic acids is 1. The zero-order valence-electron chi connectivity index (χ0n) is 17.2. The second-order valence-corrected chi connectivity index (χ2v) is 10.1. The summed E-state index contributed by atoms with van der Waals surface area (Å²) in [5.41, 5.74) is 0.636. The molecule has 2 rings (SSSR count). The summed E-state index contributed by atoms with van der Waals surface area (Å²) in [5.74, 6) is -0.176. The first kappa shape index (κ1) is 22.8. The van der Waals surface area contributed by atoms with Crippen LogP contribution in [0, 0.1) is 12.8 Å². The van der Waals surface area contributed by atoms with Crippen LogP contribution in [0.2, 0.25) is 0 Å². The summed E-state index contributed by atoms with van der Waals surface area (Å²) >= 11 is 0. The van der Waals surface area contributed by atoms with Gasteiger partial charge in [-0.15, -0.1) is 0 Å². The molecule has 2 unspecified atom stereocenters. The van der Waals surface area contributed by atoms with E-state index >= 15 is 3.89 Å². The van der Waals surface area contributed by atoms with Crippen LogP contribution in [0.15, 0.2) is 10.9 Å². The van der Waals surface area contributed by atoms with Gasteiger partial charge in [0.25, 0.3) is 5.56 Å². The third-order valence-electron chi connectivity index (χ3n) is 4.71. The average Bonchev–Trinajstić information content (AvgIpc) is 3.03. The van der Waals surface area contributed by atoms with E-state index in [1.54, 1.807) is 6.92 Å². The number of hydrogen-bond donors (Lipinski definition) is 1. The monoisotopic (exact) mass is 418 g/mol. The van der Waals surface area contributed by atoms with Gasteiger partial charge in [-0.1, -0.05) is 20.8 Å². The standard InChI is InChI=1S/C19H32F2N4O2S/c1-5-8-22-19(27)28(21,13-14(2)3)25-18(26)11-15(4)17(23-25)7-10-24-9-6-16(20)12-24/h11,14,16H,5-10,12-13H2,1-4H3,(H,22,27). The van der Waals surface area contributed by atoms with Crippen molar-refractivity contribution in [2.24, 2.45) is 5.92 Å². The Morgan fingerprint density at radius 1 is 1.46 bits per heavy atom. The molecular weight excluding hydrogens is 386 g/mol. The Kier molecular flexibility index (Phi) is 8.00. The Balaban J connectivity index is 2.31. The van der Waals surface area contributed by atoms with Crippen molar-refractivity contribution >= 4 is 15.8 Å². The van der Waals surface area contributed by atoms with Crippen LogP contribution < -0.4 is 10.9 Å². The van der Waals surface area contributed by atoms with Crippen molar-refractivity contribution < 1.29 is 13.1 Å². The van der Waals surface area contributed by atoms with Gasteiger partial charge >= 0.3 is 5.24 Å². The van der Waals surface area contributed by atoms with E-state index in [2.05, 4.69) is 10.4 Å². The highest BCUT2D eigenvalue weighted by molar-refractivity contribution is 8.40. The summed E-state index contributed by atoms with van der Waals surface area (Å²) in [6.45, 7) is 9.28. The lowest BCUT2D eigenvalue weighted by Crippen LogP contribution is -2.38. The molecule has 1 saturated heterocycles. The predicted molar refractivity (Wildman–Crippen MR) is 110 cm³/mol. The van der Waals surface area contributed by atoms with Gasteiger partial charge in [0.05, 0.1) is 16.3 Å². The first-order valence-electron chi connectivity index (χ1n) is 9.92. The van der Waals surface area contributed by atoms with Crippen LogP contribution in [-0.2, 0) is 6.42 Å². The third-order valence-corrected chi connectivity index (χ3v) is 7.34. The van der Waals surface area contributed by atoms with Crippen LogP contribution in [0.5, 0.6) is 0 Å². The van der Waals surface area contributed by atoms with E-state index in [-0.39, 0.29) is 11.7 Å². The van der Waals surface area contributed by atoms with Crippen molar-refractivity contribution in [3.8, 4) is 0 Å². The second kappa shape index (κ2) is 9.82. The van der Waals surface area contributed by atoms with Gasteiger partial charge in [0, 0.05) is 44.4 Å². The Hall–Kier alpha value is -1.48. The van der Waals surface area contributed by atoms with Gasteiger partial charge in [-0.3, -0.25) is 14.5 Å². The predicted octanol–water partition coefficient (Wildman–Crippen LogP) is 3.37. The van der Waals surface area contributed by atoms with Crippen LogP contribution in [0.25, 0.3) is 0 Å². The number of hydrogen-bond acceptors (Lipinski definition) is 4. The third kappa shape index (κ3) is 5.53. The van der Waals surface area contributed by atoms with Gasteiger partial charge in [0.2, 0.25) is 0 Å². The lowest BCUT2D eigenvalue weighted by atomic mass is 10.2. The highest BCUT2D eigenvalue weighted by Gasteiger charge is 2.38. The highest BCUT2D eigenvalue weighted by Crippen LogP contribution is 2.51. The molecule has 1 aliphatic rings. The van der Waals surface area contributed by atoms with Gasteiger partial charge in [-0.25, -0.2) is 4.39 Å². The molecular formula is C19H32F2N4O2S. The summed E-state index contributed by atoms with van der Waals surface area (Å²) < 4.78 is 30.1. The number of nitrogens with one attached hydrogen (secondary N) is 1. The molecule has 1 aromatic rings. The minimum Gasteiger partial charge on any atom is -0.345 e. The van der Waals surface area contributed by atoms with E-state index in [1.165, 1.54) is 6.07 Å². The largest absolute Gasteiger partial charge is 0.345 e. The number of aromatic nitrogens is 2. The number of halogens is 2. The van der Waals surface area contributed by atoms with Crippen LogP contribution in [-0.4, -0.2) is 57.4 Å². The zero-order chi connectivity index (χ0) is 20.9. The second-order valence-electron chi connectivity index (χ2n) is 7.82. The van der Waals surface area contributed by atoms with Gasteiger partial charge in [-0.05, 0) is 31.2 Å². The van der Waals surface area contributed by atoms with Gasteiger partial charge in [0.15, 0.2) is 0 Å². The Bertz CT molecular complexity index is 743. The molecule has 0 bridgehead atoms. The summed E-state index contributed by atoms with van der Waals surface area (Å²) in [6.07, 6.45) is 0.872. The first-order chi connectivity index (χ1) is 13.2. The first-order valence-corrected chi connectivity index (χ1v) is 11.6. The molecule has 1 amide bonds. The fourth-order valence-corrected chi connectivity index (χ4v) is 5.49. The minimum atomic E-state index is -3.61. The summed E-state index contributed by atoms with van der Waals surface area (Å²) in [5, 5.41) is 6.13. The van der Waals surface area contributed by atoms with E-state index in [1.807, 2.05) is 25.7 Å². The fourth-order valence-electron chi connectivity index (χ4n) is 3.27. The number of likely N-dealkylation sites (tertiary alicyclic amines) is 1. The highest BCUT2D eigenvalue weighted by atomic mass is 32.3. The molecule has 160 valence electrons. The number of rotatable bonds is 8. The molecule has 1 fully saturated rings. The number of nitrogens with zero attached hydrogens (tertiary/aromatic N) is 3. The van der Waals surface area contributed by atoms with Crippen LogP contribution >= 0.6 is 10.6 Å². The average molecular weight is 419 g/mol. The number of amides is 1. The number of carbonyl (C=O) groups is 1. The normalized spacial score (nSPS) is 20.9. The smallest absolute Gasteiger partial charge is 0.308 e. The number of alkyl halides is 1. The van der Waals surface area contributed by atoms with E-state index in [4.69, 9.17) is 0 Å². The topological polar surface area (TPSA) is 67.2 Å². The maximum Gasteiger partial charge on any atom is 0.308 e. The maximum absolute atomic E-state index is 16.0. The van der Waals surface area contributed by atoms with Crippen molar-refractivity contribution in [1.82, 2.24) is 19.4 Å². The Labute approximate surface area is 167 Å². The van der Waals surface area contributed by atoms with Crippen molar-refractivity contribution in [1.29, 1.82) is 0 Å². The molecule has 1 aliphatic heterocycles. The molecule has 0 aromatic carbocycles. The van der Waals surface area contributed by atoms with Crippen molar-refractivity contribution in [2.45, 2.75) is 53.1 Å². The van der Waals surface area contributed by atoms with Crippen LogP contribution in [0.1, 0.15) is 44.9 Å². The fraction of sp³-hybridized carbons (Fsp3) is 0.737. The van der Waals surface area contributed by atoms with E-state index < -0.39 is 27.6 Å². The SMILES string of the molecule is CCCNC(=O)S(F)(CC(C)C)n1nc(CCN2CCC(F)C2)c(C)cc1=O. The molecule has 6 nitrogen and oxygen atoms in total. The van der Waals surface area contributed by atoms with Gasteiger partial charge in [-0.2, -0.15) is 13.1 Å². The molecule has 0 aliphatic carbocycles. The van der Waals surface area contributed by atoms with E-state index in [0.29, 0.717) is 56.7 Å². The quantitative estimate of drug-likeness (QED) is 0.703. The van der Waals surface area contributed by atoms with Crippen molar-refractivity contribution in [2.75, 3.05) is 31.9 Å². The number of aryl methyl sites for hydroxylation is 1. The lowest BCUT2D eigenvalue weighted by Gasteiger charge is -2.31. The van der Waals surface area contributed by atoms with E-state index in [9.17, 15) is 14.0 Å². The Morgan fingerprint density at radius 3 is 2.75 bits per heavy atom. The molecule has 0 radical (unpaired) electrons. The van der Waals surface area contributed by atoms with Crippen LogP contribution in [0.3, 0.4) is 0 Å². The van der Waals surface area contributed by atoms with Crippen LogP contribution in [0.4, 0.5) is 13.1 Å². The van der Waals surface area contributed by atoms with Crippen molar-refractivity contribution in [3.05, 3.63) is 27.7 Å². The molecule has 1 aromatic heterocycles. The molecule has 2 atom stereocenters. The molecule has 28 heavy (non-hydrogen) atoms. The molecule has 1 N–H and O–H groups in total. The molecule has 2 heterocycles. The molecule has 9 heteroatoms. The van der Waals surface area contributed by atoms with Crippen molar-refractivity contribution in [3.63, 3.8) is 0 Å². The minimum absolute atomic E-state index is 0.0619. The lowest BCUT2D eigenvalue weighted by molar-refractivity contribution is 0.258. The van der Waals surface area contributed by atoms with Gasteiger partial charge < -0.3 is 5.32 Å². The van der Waals surface area contributed by atoms with E-state index in [0.717, 1.165) is 4.09 Å². The summed E-state index contributed by atoms with van der Waals surface area (Å²) in [7, 11) is -3.61. The molecule has 0 saturated carbocycles. The molecule has 0 spiro atoms. The summed E-state index contributed by atoms with van der Waals surface area (Å²) in [6, 6.07) is 1.35.